The highest BCUT2D eigenvalue weighted by Crippen LogP contribution is 2.30. The Morgan fingerprint density at radius 3 is 2.44 bits per heavy atom. The molecule has 0 saturated carbocycles. The molecule has 0 atom stereocenters. The number of H-pyrrole nitrogens is 1. The van der Waals surface area contributed by atoms with Gasteiger partial charge in [0.2, 0.25) is 0 Å². The molecule has 1 heterocycles. The van der Waals surface area contributed by atoms with Crippen LogP contribution in [0, 0.1) is 5.82 Å². The lowest BCUT2D eigenvalue weighted by molar-refractivity contribution is -0.137. The van der Waals surface area contributed by atoms with E-state index in [-0.39, 0.29) is 11.1 Å². The minimum Gasteiger partial charge on any atom is -0.328 e. The molecule has 2 aromatic rings. The van der Waals surface area contributed by atoms with Gasteiger partial charge in [0.05, 0.1) is 5.56 Å². The third-order valence-corrected chi connectivity index (χ3v) is 2.37. The Hall–Kier alpha value is -2.11. The fraction of sp³-hybridized carbons (Fsp3) is 0.0833. The minimum atomic E-state index is -4.56. The second-order valence-electron chi connectivity index (χ2n) is 3.64. The van der Waals surface area contributed by atoms with Crippen LogP contribution >= 0.6 is 0 Å². The molecule has 0 amide bonds. The van der Waals surface area contributed by atoms with Crippen molar-refractivity contribution in [3.63, 3.8) is 0 Å². The predicted octanol–water partition coefficient (Wildman–Crippen LogP) is 3.20. The van der Waals surface area contributed by atoms with Crippen LogP contribution in [0.1, 0.15) is 5.56 Å². The van der Waals surface area contributed by atoms with Crippen molar-refractivity contribution >= 4 is 0 Å². The van der Waals surface area contributed by atoms with Gasteiger partial charge in [0.25, 0.3) is 5.56 Å². The molecule has 0 aliphatic heterocycles. The molecule has 0 fully saturated rings. The molecule has 0 saturated heterocycles. The first kappa shape index (κ1) is 12.3. The minimum absolute atomic E-state index is 0.0994. The molecule has 2 nitrogen and oxygen atoms in total. The van der Waals surface area contributed by atoms with Crippen molar-refractivity contribution in [2.24, 2.45) is 0 Å². The highest BCUT2D eigenvalue weighted by atomic mass is 19.4. The van der Waals surface area contributed by atoms with E-state index in [0.29, 0.717) is 12.3 Å². The Balaban J connectivity index is 2.61. The first-order chi connectivity index (χ1) is 8.38. The van der Waals surface area contributed by atoms with Gasteiger partial charge in [0.1, 0.15) is 5.82 Å². The number of hydrogen-bond donors (Lipinski definition) is 1. The zero-order chi connectivity index (χ0) is 13.3. The summed E-state index contributed by atoms with van der Waals surface area (Å²) in [6, 6.07) is 5.54. The Morgan fingerprint density at radius 1 is 1.11 bits per heavy atom. The van der Waals surface area contributed by atoms with Crippen molar-refractivity contribution in [2.45, 2.75) is 6.18 Å². The van der Waals surface area contributed by atoms with Gasteiger partial charge in [-0.15, -0.1) is 0 Å². The topological polar surface area (TPSA) is 32.9 Å². The molecule has 0 radical (unpaired) electrons. The summed E-state index contributed by atoms with van der Waals surface area (Å²) in [5.74, 6) is -0.621. The van der Waals surface area contributed by atoms with E-state index in [0.717, 1.165) is 12.1 Å². The van der Waals surface area contributed by atoms with E-state index in [1.165, 1.54) is 12.1 Å². The van der Waals surface area contributed by atoms with Crippen molar-refractivity contribution < 1.29 is 17.6 Å². The molecule has 0 aliphatic rings. The quantitative estimate of drug-likeness (QED) is 0.782. The number of aromatic nitrogens is 1. The Morgan fingerprint density at radius 2 is 1.83 bits per heavy atom. The molecular formula is C12H7F4NO. The summed E-state index contributed by atoms with van der Waals surface area (Å²) in [6.45, 7) is 0. The number of pyridine rings is 1. The van der Waals surface area contributed by atoms with E-state index in [2.05, 4.69) is 0 Å². The SMILES string of the molecule is O=c1[nH]cc(C(F)(F)F)cc1-c1cccc(F)c1. The van der Waals surface area contributed by atoms with Crippen LogP contribution in [0.3, 0.4) is 0 Å². The molecule has 94 valence electrons. The number of hydrogen-bond acceptors (Lipinski definition) is 1. The average molecular weight is 257 g/mol. The lowest BCUT2D eigenvalue weighted by Crippen LogP contribution is -2.14. The highest BCUT2D eigenvalue weighted by Gasteiger charge is 2.31. The van der Waals surface area contributed by atoms with Crippen LogP contribution in [-0.2, 0) is 6.18 Å². The standard InChI is InChI=1S/C12H7F4NO/c13-9-3-1-2-7(4-9)10-5-8(12(14,15)16)6-17-11(10)18/h1-6H,(H,17,18). The number of alkyl halides is 3. The van der Waals surface area contributed by atoms with Crippen molar-refractivity contribution in [1.29, 1.82) is 0 Å². The summed E-state index contributed by atoms with van der Waals surface area (Å²) in [6.07, 6.45) is -3.97. The molecule has 1 aromatic heterocycles. The van der Waals surface area contributed by atoms with Gasteiger partial charge in [-0.3, -0.25) is 4.79 Å². The maximum atomic E-state index is 13.0. The number of nitrogens with one attached hydrogen (secondary N) is 1. The molecule has 0 unspecified atom stereocenters. The second kappa shape index (κ2) is 4.29. The van der Waals surface area contributed by atoms with Crippen molar-refractivity contribution in [1.82, 2.24) is 4.98 Å². The van der Waals surface area contributed by atoms with Crippen LogP contribution in [0.5, 0.6) is 0 Å². The third-order valence-electron chi connectivity index (χ3n) is 2.37. The van der Waals surface area contributed by atoms with Crippen molar-refractivity contribution in [2.75, 3.05) is 0 Å². The van der Waals surface area contributed by atoms with E-state index in [1.54, 1.807) is 0 Å². The fourth-order valence-corrected chi connectivity index (χ4v) is 1.52. The van der Waals surface area contributed by atoms with Crippen LogP contribution in [0.2, 0.25) is 0 Å². The first-order valence-corrected chi connectivity index (χ1v) is 4.94. The van der Waals surface area contributed by atoms with Gasteiger partial charge in [-0.1, -0.05) is 12.1 Å². The van der Waals surface area contributed by atoms with Gasteiger partial charge in [-0.2, -0.15) is 13.2 Å². The molecule has 0 aliphatic carbocycles. The van der Waals surface area contributed by atoms with Crippen molar-refractivity contribution in [3.05, 3.63) is 58.3 Å². The molecule has 1 aromatic carbocycles. The van der Waals surface area contributed by atoms with Crippen LogP contribution < -0.4 is 5.56 Å². The predicted molar refractivity (Wildman–Crippen MR) is 57.5 cm³/mol. The van der Waals surface area contributed by atoms with E-state index < -0.39 is 23.1 Å². The van der Waals surface area contributed by atoms with E-state index in [4.69, 9.17) is 0 Å². The first-order valence-electron chi connectivity index (χ1n) is 4.94. The van der Waals surface area contributed by atoms with Crippen LogP contribution in [0.4, 0.5) is 17.6 Å². The summed E-state index contributed by atoms with van der Waals surface area (Å²) in [7, 11) is 0. The molecule has 0 bridgehead atoms. The van der Waals surface area contributed by atoms with E-state index >= 15 is 0 Å². The molecular weight excluding hydrogens is 250 g/mol. The Bertz CT molecular complexity index is 630. The number of benzene rings is 1. The van der Waals surface area contributed by atoms with E-state index in [9.17, 15) is 22.4 Å². The van der Waals surface area contributed by atoms with E-state index in [1.807, 2.05) is 4.98 Å². The van der Waals surface area contributed by atoms with Crippen LogP contribution in [-0.4, -0.2) is 4.98 Å². The largest absolute Gasteiger partial charge is 0.417 e. The average Bonchev–Trinajstić information content (AvgIpc) is 2.28. The van der Waals surface area contributed by atoms with Gasteiger partial charge in [-0.25, -0.2) is 4.39 Å². The van der Waals surface area contributed by atoms with Crippen LogP contribution in [0.15, 0.2) is 41.3 Å². The molecule has 6 heteroatoms. The maximum absolute atomic E-state index is 13.0. The summed E-state index contributed by atoms with van der Waals surface area (Å²) in [5, 5.41) is 0. The van der Waals surface area contributed by atoms with Gasteiger partial charge in [0.15, 0.2) is 0 Å². The van der Waals surface area contributed by atoms with Gasteiger partial charge in [0, 0.05) is 11.8 Å². The summed E-state index contributed by atoms with van der Waals surface area (Å²) in [4.78, 5) is 13.5. The summed E-state index contributed by atoms with van der Waals surface area (Å²) in [5.41, 5.74) is -1.80. The summed E-state index contributed by atoms with van der Waals surface area (Å²) >= 11 is 0. The lowest BCUT2D eigenvalue weighted by Gasteiger charge is -2.08. The lowest BCUT2D eigenvalue weighted by atomic mass is 10.1. The number of aromatic amines is 1. The second-order valence-corrected chi connectivity index (χ2v) is 3.64. The monoisotopic (exact) mass is 257 g/mol. The zero-order valence-electron chi connectivity index (χ0n) is 8.88. The summed E-state index contributed by atoms with van der Waals surface area (Å²) < 4.78 is 50.5. The third kappa shape index (κ3) is 2.42. The smallest absolute Gasteiger partial charge is 0.328 e. The molecule has 1 N–H and O–H groups in total. The molecule has 0 spiro atoms. The Labute approximate surface area is 98.9 Å². The van der Waals surface area contributed by atoms with Gasteiger partial charge < -0.3 is 4.98 Å². The number of rotatable bonds is 1. The highest BCUT2D eigenvalue weighted by molar-refractivity contribution is 5.63. The fourth-order valence-electron chi connectivity index (χ4n) is 1.52. The normalized spacial score (nSPS) is 11.6. The van der Waals surface area contributed by atoms with Crippen LogP contribution in [0.25, 0.3) is 11.1 Å². The molecule has 18 heavy (non-hydrogen) atoms. The zero-order valence-corrected chi connectivity index (χ0v) is 8.88. The molecule has 2 rings (SSSR count). The van der Waals surface area contributed by atoms with Gasteiger partial charge >= 0.3 is 6.18 Å². The van der Waals surface area contributed by atoms with Crippen molar-refractivity contribution in [3.8, 4) is 11.1 Å². The Kier molecular flexibility index (Phi) is 2.94. The maximum Gasteiger partial charge on any atom is 0.417 e. The van der Waals surface area contributed by atoms with Gasteiger partial charge in [-0.05, 0) is 23.8 Å². The number of halogens is 4.